The van der Waals surface area contributed by atoms with Crippen LogP contribution in [0.2, 0.25) is 0 Å². The molecule has 9 nitrogen and oxygen atoms in total. The van der Waals surface area contributed by atoms with Gasteiger partial charge in [0.25, 0.3) is 0 Å². The minimum Gasteiger partial charge on any atom is -0.464 e. The fraction of sp³-hybridized carbons (Fsp3) is 0.600. The molecule has 9 heteroatoms. The van der Waals surface area contributed by atoms with Gasteiger partial charge >= 0.3 is 6.01 Å². The highest BCUT2D eigenvalue weighted by molar-refractivity contribution is 5.80. The molecule has 0 radical (unpaired) electrons. The first kappa shape index (κ1) is 14.9. The third kappa shape index (κ3) is 4.21. The lowest BCUT2D eigenvalue weighted by Gasteiger charge is -2.20. The fourth-order valence-corrected chi connectivity index (χ4v) is 1.08. The minimum atomic E-state index is -0.727. The van der Waals surface area contributed by atoms with Crippen molar-refractivity contribution in [2.75, 3.05) is 23.9 Å². The number of anilines is 2. The first-order chi connectivity index (χ1) is 8.89. The first-order valence-electron chi connectivity index (χ1n) is 5.78. The molecule has 0 saturated carbocycles. The molecule has 1 aromatic rings. The molecule has 1 heterocycles. The Kier molecular flexibility index (Phi) is 4.81. The number of amides is 1. The number of ether oxygens (including phenoxy) is 1. The summed E-state index contributed by atoms with van der Waals surface area (Å²) in [6.07, 6.45) is 0. The monoisotopic (exact) mass is 269 g/mol. The van der Waals surface area contributed by atoms with Gasteiger partial charge in [0.15, 0.2) is 0 Å². The maximum Gasteiger partial charge on any atom is 0.323 e. The van der Waals surface area contributed by atoms with E-state index >= 15 is 0 Å². The lowest BCUT2D eigenvalue weighted by atomic mass is 9.93. The van der Waals surface area contributed by atoms with Gasteiger partial charge in [0.2, 0.25) is 17.8 Å². The van der Waals surface area contributed by atoms with Gasteiger partial charge in [-0.25, -0.2) is 5.84 Å². The smallest absolute Gasteiger partial charge is 0.323 e. The lowest BCUT2D eigenvalue weighted by molar-refractivity contribution is -0.125. The number of nitrogens with two attached hydrogens (primary N) is 2. The van der Waals surface area contributed by atoms with Gasteiger partial charge in [0.05, 0.1) is 12.0 Å². The van der Waals surface area contributed by atoms with Crippen LogP contribution >= 0.6 is 0 Å². The average molecular weight is 269 g/mol. The third-order valence-electron chi connectivity index (χ3n) is 2.37. The summed E-state index contributed by atoms with van der Waals surface area (Å²) in [6.45, 7) is 5.94. The zero-order chi connectivity index (χ0) is 14.5. The molecule has 0 aromatic carbocycles. The summed E-state index contributed by atoms with van der Waals surface area (Å²) in [7, 11) is 0. The van der Waals surface area contributed by atoms with E-state index < -0.39 is 11.3 Å². The van der Waals surface area contributed by atoms with Crippen LogP contribution in [0.1, 0.15) is 20.8 Å². The van der Waals surface area contributed by atoms with Crippen molar-refractivity contribution < 1.29 is 9.53 Å². The predicted octanol–water partition coefficient (Wildman–Crippen LogP) is -0.521. The number of hydrogen-bond acceptors (Lipinski definition) is 8. The van der Waals surface area contributed by atoms with Crippen LogP contribution in [0.25, 0.3) is 0 Å². The van der Waals surface area contributed by atoms with Crippen LogP contribution in [0.4, 0.5) is 11.9 Å². The molecule has 0 aliphatic carbocycles. The van der Waals surface area contributed by atoms with Crippen LogP contribution in [0.5, 0.6) is 6.01 Å². The highest BCUT2D eigenvalue weighted by atomic mass is 16.5. The Morgan fingerprint density at radius 3 is 2.47 bits per heavy atom. The standard InChI is InChI=1S/C10H19N7O2/c1-4-19-9-15-7(14-8(16-9)17-12)13-5-10(2,3)6(11)18/h4-5,12H2,1-3H3,(H2,11,18)(H2,13,14,15,16,17). The summed E-state index contributed by atoms with van der Waals surface area (Å²) in [4.78, 5) is 23.1. The van der Waals surface area contributed by atoms with Crippen molar-refractivity contribution in [2.45, 2.75) is 20.8 Å². The van der Waals surface area contributed by atoms with Crippen LogP contribution in [-0.4, -0.2) is 34.0 Å². The van der Waals surface area contributed by atoms with Gasteiger partial charge in [-0.3, -0.25) is 10.2 Å². The SMILES string of the molecule is CCOc1nc(NN)nc(NCC(C)(C)C(N)=O)n1. The molecule has 0 saturated heterocycles. The number of carbonyl (C=O) groups is 1. The second-order valence-corrected chi connectivity index (χ2v) is 4.44. The molecule has 0 atom stereocenters. The van der Waals surface area contributed by atoms with Gasteiger partial charge in [-0.15, -0.1) is 0 Å². The van der Waals surface area contributed by atoms with Gasteiger partial charge in [-0.2, -0.15) is 15.0 Å². The van der Waals surface area contributed by atoms with E-state index in [2.05, 4.69) is 25.7 Å². The van der Waals surface area contributed by atoms with Gasteiger partial charge in [0.1, 0.15) is 0 Å². The summed E-state index contributed by atoms with van der Waals surface area (Å²) < 4.78 is 5.18. The topological polar surface area (TPSA) is 141 Å². The Morgan fingerprint density at radius 2 is 1.95 bits per heavy atom. The second kappa shape index (κ2) is 6.14. The highest BCUT2D eigenvalue weighted by Gasteiger charge is 2.25. The van der Waals surface area contributed by atoms with Crippen LogP contribution in [-0.2, 0) is 4.79 Å². The summed E-state index contributed by atoms with van der Waals surface area (Å²) in [5, 5.41) is 2.90. The van der Waals surface area contributed by atoms with Crippen molar-refractivity contribution >= 4 is 17.8 Å². The molecule has 0 unspecified atom stereocenters. The van der Waals surface area contributed by atoms with Gasteiger partial charge in [0, 0.05) is 6.54 Å². The fourth-order valence-electron chi connectivity index (χ4n) is 1.08. The van der Waals surface area contributed by atoms with Crippen LogP contribution in [0.15, 0.2) is 0 Å². The van der Waals surface area contributed by atoms with E-state index in [0.29, 0.717) is 6.61 Å². The van der Waals surface area contributed by atoms with E-state index in [4.69, 9.17) is 16.3 Å². The number of carbonyl (C=O) groups excluding carboxylic acids is 1. The van der Waals surface area contributed by atoms with E-state index in [0.717, 1.165) is 0 Å². The van der Waals surface area contributed by atoms with Crippen molar-refractivity contribution in [1.29, 1.82) is 0 Å². The second-order valence-electron chi connectivity index (χ2n) is 4.44. The number of rotatable bonds is 7. The molecule has 1 rings (SSSR count). The van der Waals surface area contributed by atoms with Crippen molar-refractivity contribution in [3.63, 3.8) is 0 Å². The first-order valence-corrected chi connectivity index (χ1v) is 5.78. The number of hydrogen-bond donors (Lipinski definition) is 4. The van der Waals surface area contributed by atoms with E-state index in [-0.39, 0.29) is 24.5 Å². The summed E-state index contributed by atoms with van der Waals surface area (Å²) in [6, 6.07) is 0.143. The molecule has 1 amide bonds. The van der Waals surface area contributed by atoms with E-state index in [1.54, 1.807) is 13.8 Å². The maximum atomic E-state index is 11.2. The molecular formula is C10H19N7O2. The van der Waals surface area contributed by atoms with E-state index in [1.807, 2.05) is 6.92 Å². The Labute approximate surface area is 111 Å². The van der Waals surface area contributed by atoms with Crippen molar-refractivity contribution in [1.82, 2.24) is 15.0 Å². The Balaban J connectivity index is 2.82. The Bertz CT molecular complexity index is 450. The zero-order valence-electron chi connectivity index (χ0n) is 11.2. The molecule has 6 N–H and O–H groups in total. The normalized spacial score (nSPS) is 10.9. The highest BCUT2D eigenvalue weighted by Crippen LogP contribution is 2.16. The molecule has 0 aliphatic heterocycles. The summed E-state index contributed by atoms with van der Waals surface area (Å²) in [5.41, 5.74) is 6.86. The number of nitrogens with one attached hydrogen (secondary N) is 2. The third-order valence-corrected chi connectivity index (χ3v) is 2.37. The molecule has 0 fully saturated rings. The van der Waals surface area contributed by atoms with Gasteiger partial charge in [-0.05, 0) is 20.8 Å². The minimum absolute atomic E-state index is 0.143. The molecule has 19 heavy (non-hydrogen) atoms. The van der Waals surface area contributed by atoms with Crippen molar-refractivity contribution in [2.24, 2.45) is 17.0 Å². The molecule has 0 bridgehead atoms. The Hall–Kier alpha value is -2.16. The number of nitrogens with zero attached hydrogens (tertiary/aromatic N) is 3. The number of aromatic nitrogens is 3. The molecular weight excluding hydrogens is 250 g/mol. The number of hydrazine groups is 1. The predicted molar refractivity (Wildman–Crippen MR) is 70.3 cm³/mol. The van der Waals surface area contributed by atoms with Crippen molar-refractivity contribution in [3.8, 4) is 6.01 Å². The van der Waals surface area contributed by atoms with Gasteiger partial charge < -0.3 is 15.8 Å². The van der Waals surface area contributed by atoms with E-state index in [9.17, 15) is 4.79 Å². The molecule has 0 spiro atoms. The largest absolute Gasteiger partial charge is 0.464 e. The quantitative estimate of drug-likeness (QED) is 0.382. The molecule has 0 aliphatic rings. The van der Waals surface area contributed by atoms with E-state index in [1.165, 1.54) is 0 Å². The van der Waals surface area contributed by atoms with Gasteiger partial charge in [-0.1, -0.05) is 0 Å². The summed E-state index contributed by atoms with van der Waals surface area (Å²) >= 11 is 0. The maximum absolute atomic E-state index is 11.2. The number of primary amides is 1. The lowest BCUT2D eigenvalue weighted by Crippen LogP contribution is -2.37. The van der Waals surface area contributed by atoms with Crippen molar-refractivity contribution in [3.05, 3.63) is 0 Å². The summed E-state index contributed by atoms with van der Waals surface area (Å²) in [5.74, 6) is 5.25. The zero-order valence-corrected chi connectivity index (χ0v) is 11.2. The van der Waals surface area contributed by atoms with Crippen LogP contribution in [0.3, 0.4) is 0 Å². The molecule has 106 valence electrons. The average Bonchev–Trinajstić information content (AvgIpc) is 2.36. The molecule has 1 aromatic heterocycles. The Morgan fingerprint density at radius 1 is 1.32 bits per heavy atom. The number of nitrogen functional groups attached to an aromatic ring is 1. The van der Waals surface area contributed by atoms with Crippen LogP contribution in [0, 0.1) is 5.41 Å². The van der Waals surface area contributed by atoms with Crippen LogP contribution < -0.4 is 27.1 Å².